The number of likely N-dealkylation sites (N-methyl/N-ethyl adjacent to an activating group) is 2. The number of aliphatic hydroxyl groups excluding tert-OH is 1. The van der Waals surface area contributed by atoms with Gasteiger partial charge in [-0.3, -0.25) is 9.59 Å². The van der Waals surface area contributed by atoms with Crippen molar-refractivity contribution in [2.45, 2.75) is 145 Å². The molecule has 83 heavy (non-hydrogen) atoms. The van der Waals surface area contributed by atoms with Crippen LogP contribution in [0.2, 0.25) is 0 Å². The minimum atomic E-state index is -0.299. The third kappa shape index (κ3) is 569. The zero-order chi connectivity index (χ0) is 54.8. The number of carbonyl (C=O) groups excluding carboxylic acids is 9. The van der Waals surface area contributed by atoms with Gasteiger partial charge in [-0.2, -0.15) is 0 Å². The maximum Gasteiger partial charge on any atom is 0.207 e. The van der Waals surface area contributed by atoms with E-state index in [0.29, 0.717) is 51.7 Å². The van der Waals surface area contributed by atoms with Crippen LogP contribution in [0.4, 0.5) is 5.69 Å². The van der Waals surface area contributed by atoms with Crippen molar-refractivity contribution in [3.8, 4) is 0 Å². The number of H-pyrrole nitrogens is 1. The van der Waals surface area contributed by atoms with Crippen molar-refractivity contribution >= 4 is 64.0 Å². The lowest BCUT2D eigenvalue weighted by molar-refractivity contribution is -0.115. The summed E-state index contributed by atoms with van der Waals surface area (Å²) in [5.41, 5.74) is 15.6. The van der Waals surface area contributed by atoms with Gasteiger partial charge in [0.15, 0.2) is 0 Å². The van der Waals surface area contributed by atoms with Crippen LogP contribution in [0.25, 0.3) is 0 Å². The number of para-hydroxylation sites is 1. The molecule has 0 radical (unpaired) electrons. The average molecular weight is 1250 g/mol. The van der Waals surface area contributed by atoms with Crippen LogP contribution in [-0.2, 0) is 43.2 Å². The number of aliphatic hydroxyl groups is 1. The van der Waals surface area contributed by atoms with Crippen molar-refractivity contribution in [3.05, 3.63) is 49.1 Å². The molecule has 0 saturated carbocycles. The molecular formula is C50H153N15O18. The first-order chi connectivity index (χ1) is 31.4. The number of hydrogen-bond acceptors (Lipinski definition) is 22. The number of rotatable bonds is 15. The molecule has 33 nitrogen and oxygen atoms in total. The van der Waals surface area contributed by atoms with E-state index in [2.05, 4.69) is 75.3 Å². The molecule has 536 valence electrons. The van der Waals surface area contributed by atoms with Crippen molar-refractivity contribution in [2.24, 2.45) is 17.4 Å². The lowest BCUT2D eigenvalue weighted by atomic mass is 10.2. The predicted molar refractivity (Wildman–Crippen MR) is 365 cm³/mol. The molecule has 2 atom stereocenters. The Balaban J connectivity index is -0.0000000107. The van der Waals surface area contributed by atoms with E-state index >= 15 is 0 Å². The molecule has 1 aromatic carbocycles. The number of nitrogen functional groups attached to an aromatic ring is 1. The molecular weight excluding hydrogens is 1100 g/mol. The number of carbonyl (C=O) groups is 9. The molecule has 1 aromatic heterocycles. The third-order valence-corrected chi connectivity index (χ3v) is 4.29. The lowest BCUT2D eigenvalue weighted by Crippen LogP contribution is -2.27. The highest BCUT2D eigenvalue weighted by atomic mass is 16.2. The molecule has 0 aliphatic heterocycles. The number of imidazole rings is 1. The highest BCUT2D eigenvalue weighted by Gasteiger charge is 1.98. The molecule has 0 aliphatic carbocycles. The minimum Gasteiger partial charge on any atom is -0.412 e. The van der Waals surface area contributed by atoms with Crippen molar-refractivity contribution < 1.29 is 93.5 Å². The molecule has 2 rings (SSSR count). The minimum absolute atomic E-state index is 0. The molecule has 0 aliphatic rings. The Morgan fingerprint density at radius 3 is 0.976 bits per heavy atom. The van der Waals surface area contributed by atoms with Gasteiger partial charge >= 0.3 is 0 Å². The Hall–Kier alpha value is -5.90. The van der Waals surface area contributed by atoms with E-state index in [4.69, 9.17) is 31.0 Å². The van der Waals surface area contributed by atoms with Crippen LogP contribution in [0.15, 0.2) is 49.1 Å². The molecule has 2 unspecified atom stereocenters. The maximum atomic E-state index is 9.90. The van der Waals surface area contributed by atoms with Gasteiger partial charge in [-0.15, -0.1) is 0 Å². The Labute approximate surface area is 508 Å². The monoisotopic (exact) mass is 1250 g/mol. The first-order valence-electron chi connectivity index (χ1n) is 20.5. The molecule has 33 heteroatoms. The third-order valence-electron chi connectivity index (χ3n) is 4.29. The summed E-state index contributed by atoms with van der Waals surface area (Å²) in [6.45, 7) is 28.8. The number of nitrogens with one attached hydrogen (secondary N) is 7. The van der Waals surface area contributed by atoms with E-state index in [9.17, 15) is 28.8 Å². The molecule has 42 N–H and O–H groups in total. The summed E-state index contributed by atoms with van der Waals surface area (Å²) in [5, 5.41) is 22.8. The Morgan fingerprint density at radius 2 is 0.880 bits per heavy atom. The number of aromatic nitrogens is 2. The van der Waals surface area contributed by atoms with Crippen LogP contribution in [0, 0.1) is 5.92 Å². The molecule has 0 saturated heterocycles. The fraction of sp³-hybridized carbons (Fsp3) is 0.640. The second-order valence-corrected chi connectivity index (χ2v) is 9.98. The highest BCUT2D eigenvalue weighted by Crippen LogP contribution is 1.96. The molecule has 0 spiro atoms. The summed E-state index contributed by atoms with van der Waals surface area (Å²) in [4.78, 5) is 88.2. The number of aromatic amines is 1. The van der Waals surface area contributed by atoms with Gasteiger partial charge in [-0.05, 0) is 79.6 Å². The zero-order valence-electron chi connectivity index (χ0n) is 50.0. The summed E-state index contributed by atoms with van der Waals surface area (Å²) in [5.74, 6) is 0.833. The van der Waals surface area contributed by atoms with E-state index in [1.54, 1.807) is 39.9 Å². The molecule has 2 amide bonds. The number of hydrogen-bond donors (Lipinski definition) is 15. The number of aldehydes is 4. The van der Waals surface area contributed by atoms with Gasteiger partial charge in [0.1, 0.15) is 45.5 Å². The number of amides is 2. The van der Waals surface area contributed by atoms with Gasteiger partial charge < -0.3 is 161 Å². The Bertz CT molecular complexity index is 944. The van der Waals surface area contributed by atoms with Crippen LogP contribution >= 0.6 is 0 Å². The topological polar surface area (TPSA) is 745 Å². The summed E-state index contributed by atoms with van der Waals surface area (Å²) >= 11 is 0. The predicted octanol–water partition coefficient (Wildman–Crippen LogP) is 0.102. The fourth-order valence-corrected chi connectivity index (χ4v) is 1.69. The summed E-state index contributed by atoms with van der Waals surface area (Å²) < 4.78 is 0. The van der Waals surface area contributed by atoms with E-state index in [-0.39, 0.29) is 126 Å². The second kappa shape index (κ2) is 348. The standard InChI is InChI=1S/C6H11NO2.C6H7N.C5H9NO2.C4H10.C3H4N2.2C3H7NO.C3H9N.C2H8N2.2C2H6.CH5N.CH4O.3CH2O.6CH4.4H3N.8H2O.H2/c1-6(7-5-9)3-2-4-8;7-6-4-2-1-3-5-6;1-2-5(3-7)6-4-8;1-4(2)3;1-2-5-3-4-1;2*1-4-2-3-5;1-3-4-2;1-4-2-3;7*1-2;;;;;;;;;;;;;;;;;;;/h4-6H,2-3H2,1H3,(H,7,9);1-5H,7H2;3-5H,2H2,1H3,(H,6,8);4H,1-3H3;1-3H,(H,4,5);2*3-4H,2H2,1H3;4H,3H2,1-2H3;4H,2-3H2,1H3;2*1-2H3;2H2,1H3;2H,1H3;3*1H2;6*1H4;4*1H3;8*1H2;1H. The molecule has 0 bridgehead atoms. The molecule has 2 aromatic rings. The Morgan fingerprint density at radius 1 is 0.590 bits per heavy atom. The second-order valence-electron chi connectivity index (χ2n) is 9.98. The molecule has 0 fully saturated rings. The zero-order valence-corrected chi connectivity index (χ0v) is 50.0. The number of nitrogens with two attached hydrogens (primary N) is 3. The normalized spacial score (nSPS) is 6.17. The number of nitrogens with zero attached hydrogens (tertiary/aromatic N) is 1. The van der Waals surface area contributed by atoms with Crippen LogP contribution < -0.4 is 73.7 Å². The van der Waals surface area contributed by atoms with Gasteiger partial charge in [-0.25, -0.2) is 4.98 Å². The van der Waals surface area contributed by atoms with Gasteiger partial charge in [-0.1, -0.05) is 125 Å². The largest absolute Gasteiger partial charge is 0.412 e. The van der Waals surface area contributed by atoms with E-state index in [1.165, 1.54) is 7.05 Å². The first kappa shape index (κ1) is 220. The summed E-state index contributed by atoms with van der Waals surface area (Å²) in [6.07, 6.45) is 11.4. The van der Waals surface area contributed by atoms with E-state index in [1.807, 2.05) is 99.3 Å². The highest BCUT2D eigenvalue weighted by molar-refractivity contribution is 5.63. The van der Waals surface area contributed by atoms with Gasteiger partial charge in [0.05, 0.1) is 25.5 Å². The Kier molecular flexibility index (Phi) is 921. The van der Waals surface area contributed by atoms with Crippen molar-refractivity contribution in [3.63, 3.8) is 0 Å². The first-order valence-corrected chi connectivity index (χ1v) is 20.5. The summed E-state index contributed by atoms with van der Waals surface area (Å²) in [7, 11) is 9.70. The maximum absolute atomic E-state index is 9.90. The van der Waals surface area contributed by atoms with E-state index < -0.39 is 0 Å². The van der Waals surface area contributed by atoms with Crippen LogP contribution in [0.5, 0.6) is 0 Å². The SMILES string of the molecule is C.C.C.C.C.C.C=O.C=O.C=O.CC.CC.CC(C)C.CC(CCC=O)NC=O.CCC(C=O)NC=O.CCNC.CN.CNCC=O.CNCC=O.CNCN.CO.N.N.N.N.Nc1ccccc1.O.O.O.O.O.O.O.O.[HH].c1c[nH]cn1. The van der Waals surface area contributed by atoms with Crippen LogP contribution in [-0.4, -0.2) is 198 Å². The van der Waals surface area contributed by atoms with E-state index in [0.717, 1.165) is 50.5 Å². The van der Waals surface area contributed by atoms with Crippen molar-refractivity contribution in [2.75, 3.05) is 74.4 Å². The molecule has 1 heterocycles. The smallest absolute Gasteiger partial charge is 0.207 e. The van der Waals surface area contributed by atoms with Crippen LogP contribution in [0.3, 0.4) is 0 Å². The van der Waals surface area contributed by atoms with Crippen molar-refractivity contribution in [1.29, 1.82) is 0 Å². The number of benzene rings is 1. The summed E-state index contributed by atoms with van der Waals surface area (Å²) in [6, 6.07) is 9.31. The number of anilines is 1. The lowest BCUT2D eigenvalue weighted by Gasteiger charge is -2.05. The van der Waals surface area contributed by atoms with Gasteiger partial charge in [0.25, 0.3) is 0 Å². The quantitative estimate of drug-likeness (QED) is 0.0639. The fourth-order valence-electron chi connectivity index (χ4n) is 1.69. The van der Waals surface area contributed by atoms with Gasteiger partial charge in [0, 0.05) is 45.7 Å². The van der Waals surface area contributed by atoms with Crippen molar-refractivity contribution in [1.82, 2.24) is 66.5 Å². The average Bonchev–Trinajstić information content (AvgIpc) is 3.97. The van der Waals surface area contributed by atoms with Gasteiger partial charge in [0.2, 0.25) is 12.8 Å². The van der Waals surface area contributed by atoms with Crippen LogP contribution in [0.1, 0.15) is 134 Å².